The van der Waals surface area contributed by atoms with E-state index in [-0.39, 0.29) is 12.2 Å². The normalized spacial score (nSPS) is 47.0. The van der Waals surface area contributed by atoms with E-state index in [9.17, 15) is 10.2 Å². The van der Waals surface area contributed by atoms with E-state index < -0.39 is 0 Å². The minimum absolute atomic E-state index is 0.0506. The van der Waals surface area contributed by atoms with Crippen LogP contribution in [0.5, 0.6) is 0 Å². The maximum absolute atomic E-state index is 11.4. The zero-order valence-electron chi connectivity index (χ0n) is 23.9. The zero-order valence-corrected chi connectivity index (χ0v) is 23.9. The van der Waals surface area contributed by atoms with Gasteiger partial charge in [-0.25, -0.2) is 0 Å². The van der Waals surface area contributed by atoms with Crippen molar-refractivity contribution in [1.82, 2.24) is 0 Å². The summed E-state index contributed by atoms with van der Waals surface area (Å²) >= 11 is 0. The highest BCUT2D eigenvalue weighted by Crippen LogP contribution is 2.62. The molecule has 0 unspecified atom stereocenters. The monoisotopic (exact) mass is 506 g/mol. The third-order valence-electron chi connectivity index (χ3n) is 12.8. The molecule has 0 spiro atoms. The molecule has 7 fully saturated rings. The van der Waals surface area contributed by atoms with Crippen molar-refractivity contribution < 1.29 is 10.2 Å². The fourth-order valence-electron chi connectivity index (χ4n) is 11.3. The molecule has 7 aliphatic rings. The summed E-state index contributed by atoms with van der Waals surface area (Å²) in [6, 6.07) is 0. The molecule has 4 bridgehead atoms. The SMILES string of the molecule is C=C1CC[C@H](O)C/C1=C/C=C1\CCC[C@]2(C)[C@@H]([C@H](C)CCC[C@@H](O)C34CC5CC(CC(C5)C3)C4)CC[C@@H]12. The molecule has 7 aliphatic carbocycles. The van der Waals surface area contributed by atoms with Crippen LogP contribution >= 0.6 is 0 Å². The molecule has 0 aromatic rings. The van der Waals surface area contributed by atoms with Crippen molar-refractivity contribution >= 4 is 0 Å². The van der Waals surface area contributed by atoms with Crippen LogP contribution in [0.2, 0.25) is 0 Å². The van der Waals surface area contributed by atoms with E-state index >= 15 is 0 Å². The molecule has 2 nitrogen and oxygen atoms in total. The first-order chi connectivity index (χ1) is 17.8. The van der Waals surface area contributed by atoms with E-state index in [1.54, 1.807) is 5.57 Å². The van der Waals surface area contributed by atoms with Crippen molar-refractivity contribution in [3.05, 3.63) is 35.5 Å². The summed E-state index contributed by atoms with van der Waals surface area (Å²) in [6.45, 7) is 9.42. The topological polar surface area (TPSA) is 40.5 Å². The highest BCUT2D eigenvalue weighted by atomic mass is 16.3. The van der Waals surface area contributed by atoms with Crippen LogP contribution in [-0.2, 0) is 0 Å². The molecule has 0 amide bonds. The summed E-state index contributed by atoms with van der Waals surface area (Å²) in [5.74, 6) is 5.09. The minimum Gasteiger partial charge on any atom is -0.393 e. The van der Waals surface area contributed by atoms with Crippen molar-refractivity contribution in [2.45, 2.75) is 135 Å². The number of rotatable bonds is 7. The summed E-state index contributed by atoms with van der Waals surface area (Å²) in [5.41, 5.74) is 4.90. The molecule has 206 valence electrons. The fraction of sp³-hybridized carbons (Fsp3) is 0.829. The standard InChI is InChI=1S/C35H54O2/c1-23-9-12-30(36)19-29(23)11-10-28-7-5-15-34(3)31(13-14-32(28)34)24(2)6-4-8-33(37)35-20-25-16-26(21-35)18-27(17-25)22-35/h10-11,24-27,30-33,36-37H,1,4-9,12-22H2,2-3H3/b28-10+,29-11-/t24-,25?,26?,27?,30+,31-,32+,33-,34-,35?/m1/s1. The molecule has 6 atom stereocenters. The lowest BCUT2D eigenvalue weighted by Crippen LogP contribution is -2.51. The summed E-state index contributed by atoms with van der Waals surface area (Å²) < 4.78 is 0. The van der Waals surface area contributed by atoms with Crippen LogP contribution in [0, 0.1) is 46.3 Å². The second kappa shape index (κ2) is 10.3. The van der Waals surface area contributed by atoms with Gasteiger partial charge in [-0.15, -0.1) is 0 Å². The Hall–Kier alpha value is -0.860. The van der Waals surface area contributed by atoms with E-state index in [4.69, 9.17) is 0 Å². The van der Waals surface area contributed by atoms with E-state index in [1.165, 1.54) is 94.6 Å². The number of aliphatic hydroxyl groups excluding tert-OH is 2. The van der Waals surface area contributed by atoms with Gasteiger partial charge >= 0.3 is 0 Å². The van der Waals surface area contributed by atoms with Gasteiger partial charge in [-0.3, -0.25) is 0 Å². The quantitative estimate of drug-likeness (QED) is 0.363. The number of hydrogen-bond donors (Lipinski definition) is 2. The Morgan fingerprint density at radius 2 is 1.68 bits per heavy atom. The van der Waals surface area contributed by atoms with Gasteiger partial charge in [0.05, 0.1) is 12.2 Å². The highest BCUT2D eigenvalue weighted by molar-refractivity contribution is 5.36. The van der Waals surface area contributed by atoms with Gasteiger partial charge in [0, 0.05) is 0 Å². The van der Waals surface area contributed by atoms with E-state index in [0.717, 1.165) is 61.2 Å². The van der Waals surface area contributed by atoms with Gasteiger partial charge in [0.15, 0.2) is 0 Å². The maximum Gasteiger partial charge on any atom is 0.0596 e. The third kappa shape index (κ3) is 4.97. The van der Waals surface area contributed by atoms with E-state index in [1.807, 2.05) is 0 Å². The van der Waals surface area contributed by atoms with Gasteiger partial charge in [-0.2, -0.15) is 0 Å². The van der Waals surface area contributed by atoms with Gasteiger partial charge in [-0.05, 0) is 148 Å². The van der Waals surface area contributed by atoms with Crippen LogP contribution in [0.3, 0.4) is 0 Å². The number of allylic oxidation sites excluding steroid dienone is 4. The predicted octanol–water partition coefficient (Wildman–Crippen LogP) is 8.54. The molecule has 2 N–H and O–H groups in total. The Balaban J connectivity index is 1.06. The van der Waals surface area contributed by atoms with Gasteiger partial charge < -0.3 is 10.2 Å². The summed E-state index contributed by atoms with van der Waals surface area (Å²) in [6.07, 6.45) is 25.7. The molecule has 7 rings (SSSR count). The molecule has 0 radical (unpaired) electrons. The van der Waals surface area contributed by atoms with Crippen LogP contribution in [0.1, 0.15) is 123 Å². The van der Waals surface area contributed by atoms with Crippen molar-refractivity contribution in [1.29, 1.82) is 0 Å². The van der Waals surface area contributed by atoms with Crippen LogP contribution in [0.15, 0.2) is 35.5 Å². The Bertz CT molecular complexity index is 890. The fourth-order valence-corrected chi connectivity index (χ4v) is 11.3. The molecule has 37 heavy (non-hydrogen) atoms. The lowest BCUT2D eigenvalue weighted by atomic mass is 9.48. The molecule has 0 saturated heterocycles. The van der Waals surface area contributed by atoms with Crippen molar-refractivity contribution in [3.63, 3.8) is 0 Å². The Morgan fingerprint density at radius 1 is 0.973 bits per heavy atom. The highest BCUT2D eigenvalue weighted by Gasteiger charge is 2.54. The number of fused-ring (bicyclic) bond motifs is 1. The van der Waals surface area contributed by atoms with Gasteiger partial charge in [0.2, 0.25) is 0 Å². The van der Waals surface area contributed by atoms with Crippen LogP contribution in [0.25, 0.3) is 0 Å². The Morgan fingerprint density at radius 3 is 2.38 bits per heavy atom. The van der Waals surface area contributed by atoms with Crippen LogP contribution < -0.4 is 0 Å². The minimum atomic E-state index is -0.190. The smallest absolute Gasteiger partial charge is 0.0596 e. The Kier molecular flexibility index (Phi) is 7.32. The van der Waals surface area contributed by atoms with Crippen LogP contribution in [-0.4, -0.2) is 22.4 Å². The molecule has 0 heterocycles. The lowest BCUT2D eigenvalue weighted by molar-refractivity contribution is -0.122. The molecule has 7 saturated carbocycles. The average Bonchev–Trinajstić information content (AvgIpc) is 3.21. The lowest BCUT2D eigenvalue weighted by Gasteiger charge is -2.58. The second-order valence-electron chi connectivity index (χ2n) is 15.2. The second-order valence-corrected chi connectivity index (χ2v) is 15.2. The van der Waals surface area contributed by atoms with E-state index in [0.29, 0.717) is 10.8 Å². The first-order valence-electron chi connectivity index (χ1n) is 16.2. The molecule has 0 aromatic carbocycles. The first kappa shape index (κ1) is 26.4. The molecule has 0 aliphatic heterocycles. The summed E-state index contributed by atoms with van der Waals surface area (Å²) in [5, 5.41) is 21.6. The van der Waals surface area contributed by atoms with Crippen molar-refractivity contribution in [2.24, 2.45) is 46.3 Å². The zero-order chi connectivity index (χ0) is 25.8. The first-order valence-corrected chi connectivity index (χ1v) is 16.2. The number of aliphatic hydroxyl groups is 2. The maximum atomic E-state index is 11.4. The molecular weight excluding hydrogens is 452 g/mol. The summed E-state index contributed by atoms with van der Waals surface area (Å²) in [4.78, 5) is 0. The van der Waals surface area contributed by atoms with Crippen molar-refractivity contribution in [3.8, 4) is 0 Å². The number of hydrogen-bond acceptors (Lipinski definition) is 2. The average molecular weight is 507 g/mol. The van der Waals surface area contributed by atoms with Crippen molar-refractivity contribution in [2.75, 3.05) is 0 Å². The largest absolute Gasteiger partial charge is 0.393 e. The molecule has 0 aromatic heterocycles. The third-order valence-corrected chi connectivity index (χ3v) is 12.8. The van der Waals surface area contributed by atoms with Crippen LogP contribution in [0.4, 0.5) is 0 Å². The summed E-state index contributed by atoms with van der Waals surface area (Å²) in [7, 11) is 0. The van der Waals surface area contributed by atoms with E-state index in [2.05, 4.69) is 32.6 Å². The predicted molar refractivity (Wildman–Crippen MR) is 153 cm³/mol. The molecular formula is C35H54O2. The molecule has 2 heteroatoms. The van der Waals surface area contributed by atoms with Gasteiger partial charge in [0.25, 0.3) is 0 Å². The Labute approximate surface area is 227 Å². The van der Waals surface area contributed by atoms with Gasteiger partial charge in [0.1, 0.15) is 0 Å². The van der Waals surface area contributed by atoms with Gasteiger partial charge in [-0.1, -0.05) is 56.6 Å².